The van der Waals surface area contributed by atoms with E-state index in [0.717, 1.165) is 42.1 Å². The molecular weight excluding hydrogens is 252 g/mol. The van der Waals surface area contributed by atoms with E-state index in [-0.39, 0.29) is 0 Å². The first-order valence-corrected chi connectivity index (χ1v) is 6.67. The molecule has 0 atom stereocenters. The zero-order valence-electron chi connectivity index (χ0n) is 10.9. The Kier molecular flexibility index (Phi) is 2.39. The molecule has 0 saturated carbocycles. The van der Waals surface area contributed by atoms with E-state index in [0.29, 0.717) is 0 Å². The van der Waals surface area contributed by atoms with Gasteiger partial charge in [0.15, 0.2) is 0 Å². The minimum Gasteiger partial charge on any atom is -0.428 e. The summed E-state index contributed by atoms with van der Waals surface area (Å²) in [7, 11) is 0. The van der Waals surface area contributed by atoms with Gasteiger partial charge in [0.05, 0.1) is 11.2 Å². The van der Waals surface area contributed by atoms with Gasteiger partial charge in [-0.25, -0.2) is 9.97 Å². The number of rotatable bonds is 1. The fourth-order valence-corrected chi connectivity index (χ4v) is 2.91. The summed E-state index contributed by atoms with van der Waals surface area (Å²) in [6.45, 7) is 1.54. The van der Waals surface area contributed by atoms with Gasteiger partial charge in [0, 0.05) is 42.9 Å². The smallest absolute Gasteiger partial charge is 0.225 e. The molecule has 3 heterocycles. The summed E-state index contributed by atoms with van der Waals surface area (Å²) in [6, 6.07) is 9.75. The molecule has 1 aliphatic rings. The van der Waals surface area contributed by atoms with E-state index in [1.165, 1.54) is 10.3 Å². The van der Waals surface area contributed by atoms with E-state index in [1.807, 2.05) is 24.3 Å². The highest BCUT2D eigenvalue weighted by molar-refractivity contribution is 5.85. The van der Waals surface area contributed by atoms with Crippen LogP contribution in [0.2, 0.25) is 0 Å². The quantitative estimate of drug-likeness (QED) is 0.686. The third-order valence-corrected chi connectivity index (χ3v) is 3.86. The Balaban J connectivity index is 1.81. The Hall–Kier alpha value is -2.56. The van der Waals surface area contributed by atoms with Crippen LogP contribution in [0.15, 0.2) is 42.7 Å². The SMILES string of the molecule is On1c2c(c3ccccc31)CN(c1ncccn1)CC2. The molecular formula is C15H14N4O. The van der Waals surface area contributed by atoms with E-state index in [4.69, 9.17) is 0 Å². The second-order valence-electron chi connectivity index (χ2n) is 4.97. The van der Waals surface area contributed by atoms with Crippen LogP contribution in [0.4, 0.5) is 5.95 Å². The predicted octanol–water partition coefficient (Wildman–Crippen LogP) is 2.23. The molecule has 0 unspecified atom stereocenters. The van der Waals surface area contributed by atoms with Crippen molar-refractivity contribution >= 4 is 16.9 Å². The lowest BCUT2D eigenvalue weighted by atomic mass is 10.0. The summed E-state index contributed by atoms with van der Waals surface area (Å²) in [5.74, 6) is 0.743. The van der Waals surface area contributed by atoms with Crippen LogP contribution < -0.4 is 4.90 Å². The fraction of sp³-hybridized carbons (Fsp3) is 0.200. The van der Waals surface area contributed by atoms with E-state index in [1.54, 1.807) is 12.4 Å². The molecule has 5 nitrogen and oxygen atoms in total. The molecule has 4 rings (SSSR count). The molecule has 0 amide bonds. The maximum atomic E-state index is 10.3. The largest absolute Gasteiger partial charge is 0.428 e. The van der Waals surface area contributed by atoms with Crippen molar-refractivity contribution in [1.29, 1.82) is 0 Å². The fourth-order valence-electron chi connectivity index (χ4n) is 2.91. The van der Waals surface area contributed by atoms with Crippen molar-refractivity contribution in [2.24, 2.45) is 0 Å². The average molecular weight is 266 g/mol. The molecule has 0 fully saturated rings. The van der Waals surface area contributed by atoms with Crippen molar-refractivity contribution in [3.8, 4) is 0 Å². The van der Waals surface area contributed by atoms with Crippen LogP contribution >= 0.6 is 0 Å². The summed E-state index contributed by atoms with van der Waals surface area (Å²) in [6.07, 6.45) is 4.30. The zero-order valence-corrected chi connectivity index (χ0v) is 10.9. The molecule has 0 saturated heterocycles. The summed E-state index contributed by atoms with van der Waals surface area (Å²) in [5.41, 5.74) is 3.04. The summed E-state index contributed by atoms with van der Waals surface area (Å²) < 4.78 is 1.33. The molecule has 100 valence electrons. The van der Waals surface area contributed by atoms with Gasteiger partial charge in [0.1, 0.15) is 0 Å². The number of nitrogens with zero attached hydrogens (tertiary/aromatic N) is 4. The van der Waals surface area contributed by atoms with E-state index in [9.17, 15) is 5.21 Å². The summed E-state index contributed by atoms with van der Waals surface area (Å²) in [5, 5.41) is 11.4. The number of benzene rings is 1. The van der Waals surface area contributed by atoms with E-state index >= 15 is 0 Å². The van der Waals surface area contributed by atoms with Gasteiger partial charge >= 0.3 is 0 Å². The van der Waals surface area contributed by atoms with Crippen molar-refractivity contribution in [3.05, 3.63) is 54.0 Å². The number of para-hydroxylation sites is 1. The van der Waals surface area contributed by atoms with Gasteiger partial charge in [-0.15, -0.1) is 0 Å². The number of hydrogen-bond acceptors (Lipinski definition) is 4. The molecule has 0 bridgehead atoms. The third-order valence-electron chi connectivity index (χ3n) is 3.86. The third kappa shape index (κ3) is 1.56. The Labute approximate surface area is 116 Å². The van der Waals surface area contributed by atoms with Crippen LogP contribution in [-0.2, 0) is 13.0 Å². The monoisotopic (exact) mass is 266 g/mol. The number of aromatic nitrogens is 3. The first kappa shape index (κ1) is 11.3. The molecule has 0 spiro atoms. The van der Waals surface area contributed by atoms with E-state index < -0.39 is 0 Å². The Bertz CT molecular complexity index is 766. The van der Waals surface area contributed by atoms with Crippen LogP contribution in [-0.4, -0.2) is 26.5 Å². The highest BCUT2D eigenvalue weighted by Gasteiger charge is 2.24. The van der Waals surface area contributed by atoms with Crippen LogP contribution in [0, 0.1) is 0 Å². The predicted molar refractivity (Wildman–Crippen MR) is 75.9 cm³/mol. The first-order chi connectivity index (χ1) is 9.84. The lowest BCUT2D eigenvalue weighted by molar-refractivity contribution is 0.189. The lowest BCUT2D eigenvalue weighted by Gasteiger charge is -2.27. The number of fused-ring (bicyclic) bond motifs is 3. The molecule has 1 N–H and O–H groups in total. The second kappa shape index (κ2) is 4.23. The van der Waals surface area contributed by atoms with Gasteiger partial charge in [-0.05, 0) is 12.1 Å². The molecule has 3 aromatic rings. The van der Waals surface area contributed by atoms with Gasteiger partial charge in [-0.3, -0.25) is 0 Å². The van der Waals surface area contributed by atoms with Gasteiger partial charge < -0.3 is 10.1 Å². The molecule has 1 aromatic carbocycles. The van der Waals surface area contributed by atoms with Gasteiger partial charge in [0.25, 0.3) is 0 Å². The van der Waals surface area contributed by atoms with Crippen molar-refractivity contribution in [3.63, 3.8) is 0 Å². The molecule has 1 aliphatic heterocycles. The minimum absolute atomic E-state index is 0.730. The highest BCUT2D eigenvalue weighted by atomic mass is 16.5. The van der Waals surface area contributed by atoms with Crippen LogP contribution in [0.1, 0.15) is 11.3 Å². The van der Waals surface area contributed by atoms with Crippen LogP contribution in [0.3, 0.4) is 0 Å². The normalized spacial score (nSPS) is 14.5. The maximum Gasteiger partial charge on any atom is 0.225 e. The number of hydrogen-bond donors (Lipinski definition) is 1. The second-order valence-corrected chi connectivity index (χ2v) is 4.97. The van der Waals surface area contributed by atoms with Crippen molar-refractivity contribution in [2.45, 2.75) is 13.0 Å². The zero-order chi connectivity index (χ0) is 13.5. The molecule has 20 heavy (non-hydrogen) atoms. The highest BCUT2D eigenvalue weighted by Crippen LogP contribution is 2.30. The van der Waals surface area contributed by atoms with Crippen molar-refractivity contribution < 1.29 is 5.21 Å². The molecule has 2 aromatic heterocycles. The Morgan fingerprint density at radius 3 is 2.70 bits per heavy atom. The molecule has 5 heteroatoms. The topological polar surface area (TPSA) is 54.2 Å². The van der Waals surface area contributed by atoms with Crippen LogP contribution in [0.25, 0.3) is 10.9 Å². The Morgan fingerprint density at radius 2 is 1.85 bits per heavy atom. The number of anilines is 1. The van der Waals surface area contributed by atoms with Crippen LogP contribution in [0.5, 0.6) is 0 Å². The summed E-state index contributed by atoms with van der Waals surface area (Å²) in [4.78, 5) is 10.8. The van der Waals surface area contributed by atoms with E-state index in [2.05, 4.69) is 20.9 Å². The summed E-state index contributed by atoms with van der Waals surface area (Å²) >= 11 is 0. The standard InChI is InChI=1S/C15H14N4O/c20-19-13-5-2-1-4-11(13)12-10-18(9-6-14(12)19)15-16-7-3-8-17-15/h1-5,7-8,20H,6,9-10H2. The molecule has 0 aliphatic carbocycles. The van der Waals surface area contributed by atoms with Gasteiger partial charge in [0.2, 0.25) is 5.95 Å². The average Bonchev–Trinajstić information content (AvgIpc) is 2.81. The lowest BCUT2D eigenvalue weighted by Crippen LogP contribution is -2.32. The van der Waals surface area contributed by atoms with Gasteiger partial charge in [-0.2, -0.15) is 4.73 Å². The Morgan fingerprint density at radius 1 is 1.05 bits per heavy atom. The maximum absolute atomic E-state index is 10.3. The van der Waals surface area contributed by atoms with Gasteiger partial charge in [-0.1, -0.05) is 18.2 Å². The molecule has 0 radical (unpaired) electrons. The minimum atomic E-state index is 0.730. The van der Waals surface area contributed by atoms with Crippen molar-refractivity contribution in [1.82, 2.24) is 14.7 Å². The van der Waals surface area contributed by atoms with Crippen molar-refractivity contribution in [2.75, 3.05) is 11.4 Å². The first-order valence-electron chi connectivity index (χ1n) is 6.67.